The predicted octanol–water partition coefficient (Wildman–Crippen LogP) is -0.0675. The lowest BCUT2D eigenvalue weighted by Gasteiger charge is -2.31. The average Bonchev–Trinajstić information content (AvgIpc) is 2.35. The maximum absolute atomic E-state index is 12.1. The van der Waals surface area contributed by atoms with Gasteiger partial charge in [-0.1, -0.05) is 13.8 Å². The summed E-state index contributed by atoms with van der Waals surface area (Å²) in [6.07, 6.45) is 0. The molecule has 0 aromatic carbocycles. The summed E-state index contributed by atoms with van der Waals surface area (Å²) in [5.41, 5.74) is 0. The van der Waals surface area contributed by atoms with Gasteiger partial charge in [-0.15, -0.1) is 0 Å². The fraction of sp³-hybridized carbons (Fsp3) is 0.833. The van der Waals surface area contributed by atoms with Crippen molar-refractivity contribution < 1.29 is 19.4 Å². The molecular weight excluding hydrogens is 236 g/mol. The van der Waals surface area contributed by atoms with Gasteiger partial charge in [0.15, 0.2) is 0 Å². The Bertz CT molecular complexity index is 300. The van der Waals surface area contributed by atoms with Crippen molar-refractivity contribution in [3.8, 4) is 0 Å². The summed E-state index contributed by atoms with van der Waals surface area (Å²) in [6, 6.07) is -1.20. The predicted molar refractivity (Wildman–Crippen MR) is 66.3 cm³/mol. The minimum atomic E-state index is -0.924. The number of morpholine rings is 1. The number of hydrogen-bond acceptors (Lipinski definition) is 4. The molecule has 0 aromatic heterocycles. The van der Waals surface area contributed by atoms with E-state index in [0.29, 0.717) is 26.3 Å². The molecule has 1 rings (SSSR count). The second kappa shape index (κ2) is 6.70. The van der Waals surface area contributed by atoms with E-state index in [2.05, 4.69) is 5.32 Å². The van der Waals surface area contributed by atoms with Crippen molar-refractivity contribution in [2.24, 2.45) is 5.92 Å². The van der Waals surface area contributed by atoms with Gasteiger partial charge < -0.3 is 14.7 Å². The van der Waals surface area contributed by atoms with Crippen molar-refractivity contribution in [1.82, 2.24) is 10.2 Å². The van der Waals surface area contributed by atoms with Crippen molar-refractivity contribution >= 4 is 11.9 Å². The average molecular weight is 258 g/mol. The molecule has 2 N–H and O–H groups in total. The van der Waals surface area contributed by atoms with Gasteiger partial charge in [-0.05, 0) is 12.8 Å². The van der Waals surface area contributed by atoms with E-state index in [1.807, 2.05) is 13.8 Å². The lowest BCUT2D eigenvalue weighted by molar-refractivity contribution is -0.142. The Balaban J connectivity index is 2.54. The van der Waals surface area contributed by atoms with Crippen molar-refractivity contribution in [2.45, 2.75) is 32.9 Å². The van der Waals surface area contributed by atoms with Crippen LogP contribution in [0.1, 0.15) is 20.8 Å². The normalized spacial score (nSPS) is 19.7. The SMILES string of the molecule is CC(NC(C(=O)O)C(C)C)C(=O)N1CCOCC1. The van der Waals surface area contributed by atoms with Crippen LogP contribution in [0.15, 0.2) is 0 Å². The Kier molecular flexibility index (Phi) is 5.55. The molecule has 0 saturated carbocycles. The van der Waals surface area contributed by atoms with Gasteiger partial charge in [0, 0.05) is 13.1 Å². The summed E-state index contributed by atoms with van der Waals surface area (Å²) >= 11 is 0. The lowest BCUT2D eigenvalue weighted by atomic mass is 10.0. The maximum atomic E-state index is 12.1. The van der Waals surface area contributed by atoms with Crippen LogP contribution in [0.2, 0.25) is 0 Å². The second-order valence-electron chi connectivity index (χ2n) is 4.89. The Morgan fingerprint density at radius 3 is 2.22 bits per heavy atom. The Hall–Kier alpha value is -1.14. The number of carbonyl (C=O) groups is 2. The smallest absolute Gasteiger partial charge is 0.320 e. The van der Waals surface area contributed by atoms with Crippen LogP contribution in [0.5, 0.6) is 0 Å². The van der Waals surface area contributed by atoms with Crippen LogP contribution in [0.4, 0.5) is 0 Å². The first-order valence-electron chi connectivity index (χ1n) is 6.29. The highest BCUT2D eigenvalue weighted by Gasteiger charge is 2.28. The standard InChI is InChI=1S/C12H22N2O4/c1-8(2)10(12(16)17)13-9(3)11(15)14-4-6-18-7-5-14/h8-10,13H,4-7H2,1-3H3,(H,16,17). The van der Waals surface area contributed by atoms with Crippen molar-refractivity contribution in [3.63, 3.8) is 0 Å². The highest BCUT2D eigenvalue weighted by atomic mass is 16.5. The topological polar surface area (TPSA) is 78.9 Å². The van der Waals surface area contributed by atoms with Crippen molar-refractivity contribution in [3.05, 3.63) is 0 Å². The molecule has 1 amide bonds. The van der Waals surface area contributed by atoms with Crippen molar-refractivity contribution in [2.75, 3.05) is 26.3 Å². The molecule has 0 spiro atoms. The maximum Gasteiger partial charge on any atom is 0.320 e. The van der Waals surface area contributed by atoms with Crippen molar-refractivity contribution in [1.29, 1.82) is 0 Å². The van der Waals surface area contributed by atoms with E-state index < -0.39 is 18.1 Å². The molecule has 1 aliphatic heterocycles. The Morgan fingerprint density at radius 2 is 1.78 bits per heavy atom. The van der Waals surface area contributed by atoms with E-state index in [1.165, 1.54) is 0 Å². The van der Waals surface area contributed by atoms with Crippen LogP contribution in [0, 0.1) is 5.92 Å². The van der Waals surface area contributed by atoms with E-state index in [0.717, 1.165) is 0 Å². The number of nitrogens with one attached hydrogen (secondary N) is 1. The van der Waals surface area contributed by atoms with Gasteiger partial charge in [-0.2, -0.15) is 0 Å². The van der Waals surface area contributed by atoms with Crippen LogP contribution >= 0.6 is 0 Å². The van der Waals surface area contributed by atoms with Crippen LogP contribution in [0.3, 0.4) is 0 Å². The van der Waals surface area contributed by atoms with Gasteiger partial charge in [-0.25, -0.2) is 0 Å². The summed E-state index contributed by atoms with van der Waals surface area (Å²) in [6.45, 7) is 7.58. The third kappa shape index (κ3) is 3.96. The molecule has 6 nitrogen and oxygen atoms in total. The largest absolute Gasteiger partial charge is 0.480 e. The zero-order valence-electron chi connectivity index (χ0n) is 11.2. The molecule has 1 saturated heterocycles. The van der Waals surface area contributed by atoms with Crippen LogP contribution < -0.4 is 5.32 Å². The molecule has 0 radical (unpaired) electrons. The van der Waals surface area contributed by atoms with Gasteiger partial charge in [0.05, 0.1) is 19.3 Å². The summed E-state index contributed by atoms with van der Waals surface area (Å²) in [5, 5.41) is 12.0. The number of carbonyl (C=O) groups excluding carboxylic acids is 1. The number of carboxylic acids is 1. The molecular formula is C12H22N2O4. The van der Waals surface area contributed by atoms with E-state index in [1.54, 1.807) is 11.8 Å². The molecule has 0 aliphatic carbocycles. The molecule has 2 atom stereocenters. The van der Waals surface area contributed by atoms with Gasteiger partial charge in [0.1, 0.15) is 6.04 Å². The molecule has 1 heterocycles. The molecule has 104 valence electrons. The highest BCUT2D eigenvalue weighted by Crippen LogP contribution is 2.06. The monoisotopic (exact) mass is 258 g/mol. The number of carboxylic acid groups (broad SMARTS) is 1. The molecule has 0 aromatic rings. The fourth-order valence-electron chi connectivity index (χ4n) is 1.95. The summed E-state index contributed by atoms with van der Waals surface area (Å²) < 4.78 is 5.18. The Morgan fingerprint density at radius 1 is 1.22 bits per heavy atom. The van der Waals surface area contributed by atoms with Crippen LogP contribution in [-0.4, -0.2) is 60.3 Å². The van der Waals surface area contributed by atoms with Gasteiger partial charge >= 0.3 is 5.97 Å². The van der Waals surface area contributed by atoms with Crippen LogP contribution in [-0.2, 0) is 14.3 Å². The summed E-state index contributed by atoms with van der Waals surface area (Å²) in [7, 11) is 0. The van der Waals surface area contributed by atoms with Gasteiger partial charge in [0.2, 0.25) is 5.91 Å². The summed E-state index contributed by atoms with van der Waals surface area (Å²) in [5.74, 6) is -1.06. The van der Waals surface area contributed by atoms with E-state index in [9.17, 15) is 9.59 Å². The fourth-order valence-corrected chi connectivity index (χ4v) is 1.95. The number of rotatable bonds is 5. The number of aliphatic carboxylic acids is 1. The molecule has 18 heavy (non-hydrogen) atoms. The van der Waals surface area contributed by atoms with E-state index >= 15 is 0 Å². The number of ether oxygens (including phenoxy) is 1. The van der Waals surface area contributed by atoms with E-state index in [4.69, 9.17) is 9.84 Å². The zero-order valence-corrected chi connectivity index (χ0v) is 11.2. The Labute approximate surface area is 107 Å². The lowest BCUT2D eigenvalue weighted by Crippen LogP contribution is -2.54. The first kappa shape index (κ1) is 14.9. The first-order chi connectivity index (χ1) is 8.43. The minimum Gasteiger partial charge on any atom is -0.480 e. The molecule has 6 heteroatoms. The molecule has 2 unspecified atom stereocenters. The quantitative estimate of drug-likeness (QED) is 0.722. The van der Waals surface area contributed by atoms with Crippen LogP contribution in [0.25, 0.3) is 0 Å². The number of amides is 1. The number of hydrogen-bond donors (Lipinski definition) is 2. The molecule has 0 bridgehead atoms. The summed E-state index contributed by atoms with van der Waals surface area (Å²) in [4.78, 5) is 24.9. The van der Waals surface area contributed by atoms with Gasteiger partial charge in [0.25, 0.3) is 0 Å². The third-order valence-corrected chi connectivity index (χ3v) is 3.06. The van der Waals surface area contributed by atoms with E-state index in [-0.39, 0.29) is 11.8 Å². The first-order valence-corrected chi connectivity index (χ1v) is 6.29. The molecule has 1 aliphatic rings. The molecule has 1 fully saturated rings. The van der Waals surface area contributed by atoms with Gasteiger partial charge in [-0.3, -0.25) is 14.9 Å². The minimum absolute atomic E-state index is 0.0646. The zero-order chi connectivity index (χ0) is 13.7. The number of nitrogens with zero attached hydrogens (tertiary/aromatic N) is 1. The third-order valence-electron chi connectivity index (χ3n) is 3.06. The second-order valence-corrected chi connectivity index (χ2v) is 4.89. The highest BCUT2D eigenvalue weighted by molar-refractivity contribution is 5.83.